The molecule has 3 N–H and O–H groups in total. The number of piperidine rings is 1. The van der Waals surface area contributed by atoms with Crippen molar-refractivity contribution >= 4 is 46.1 Å². The molecule has 0 saturated carbocycles. The second-order valence-corrected chi connectivity index (χ2v) is 14.5. The zero-order valence-electron chi connectivity index (χ0n) is 29.7. The minimum atomic E-state index is -5.08. The molecular weight excluding hydrogens is 695 g/mol. The van der Waals surface area contributed by atoms with Crippen molar-refractivity contribution in [3.63, 3.8) is 0 Å². The van der Waals surface area contributed by atoms with Crippen molar-refractivity contribution in [1.29, 1.82) is 0 Å². The number of urea groups is 1. The number of amides is 3. The van der Waals surface area contributed by atoms with Crippen LogP contribution in [0.2, 0.25) is 5.02 Å². The number of nitrogens with zero attached hydrogens (tertiary/aromatic N) is 3. The molecular formula is C39H45ClF3N5O4. The summed E-state index contributed by atoms with van der Waals surface area (Å²) in [5, 5.41) is 12.1. The lowest BCUT2D eigenvalue weighted by Crippen LogP contribution is -2.57. The lowest BCUT2D eigenvalue weighted by atomic mass is 9.88. The maximum atomic E-state index is 14.8. The maximum Gasteiger partial charge on any atom is 0.490 e. The third-order valence-electron chi connectivity index (χ3n) is 9.87. The molecule has 4 aromatic rings. The molecule has 9 nitrogen and oxygen atoms in total. The molecule has 3 amide bonds. The van der Waals surface area contributed by atoms with E-state index < -0.39 is 18.2 Å². The molecule has 0 radical (unpaired) electrons. The van der Waals surface area contributed by atoms with Crippen LogP contribution in [0.25, 0.3) is 10.9 Å². The summed E-state index contributed by atoms with van der Waals surface area (Å²) in [4.78, 5) is 46.9. The van der Waals surface area contributed by atoms with Gasteiger partial charge in [0.25, 0.3) is 0 Å². The van der Waals surface area contributed by atoms with Crippen molar-refractivity contribution in [2.24, 2.45) is 5.92 Å². The largest absolute Gasteiger partial charge is 0.490 e. The molecule has 52 heavy (non-hydrogen) atoms. The zero-order valence-corrected chi connectivity index (χ0v) is 30.5. The normalized spacial score (nSPS) is 17.6. The molecule has 2 aliphatic heterocycles. The number of nitrogens with one attached hydrogen (secondary N) is 2. The van der Waals surface area contributed by atoms with Crippen molar-refractivity contribution in [3.05, 3.63) is 100 Å². The summed E-state index contributed by atoms with van der Waals surface area (Å²) in [6.07, 6.45) is -0.448. The number of aromatic nitrogens is 1. The van der Waals surface area contributed by atoms with Gasteiger partial charge in [-0.1, -0.05) is 66.6 Å². The van der Waals surface area contributed by atoms with E-state index in [0.29, 0.717) is 30.6 Å². The van der Waals surface area contributed by atoms with E-state index in [9.17, 15) is 22.8 Å². The summed E-state index contributed by atoms with van der Waals surface area (Å²) in [7, 11) is 4.12. The predicted octanol–water partition coefficient (Wildman–Crippen LogP) is 7.59. The van der Waals surface area contributed by atoms with Gasteiger partial charge < -0.3 is 30.1 Å². The number of benzene rings is 3. The molecule has 1 saturated heterocycles. The Morgan fingerprint density at radius 1 is 1.04 bits per heavy atom. The Bertz CT molecular complexity index is 1890. The standard InChI is InChI=1S/C37H44ClN5O2.C2HF3O2/c1-24-8-7-9-28(18-24)27-14-16-42(17-15-27)37(45)40-35(25(2)32-21-39-33-11-6-5-10-31(32)33)36(44)43-23-26(22-41(3)4)19-29-20-30(38)12-13-34(29)43;3-2(4,5)1(6)7/h5-13,18,20-21,25-27,35,39H,14-17,19,22-23H2,1-4H3,(H,40,45);(H,6,7)/t25?,26-,35?;/m1./s1. The molecule has 1 aromatic heterocycles. The van der Waals surface area contributed by atoms with Gasteiger partial charge in [-0.3, -0.25) is 4.79 Å². The van der Waals surface area contributed by atoms with Crippen molar-refractivity contribution in [2.75, 3.05) is 45.2 Å². The molecule has 1 fully saturated rings. The molecule has 0 spiro atoms. The van der Waals surface area contributed by atoms with E-state index in [4.69, 9.17) is 21.5 Å². The maximum absolute atomic E-state index is 14.8. The molecule has 3 aromatic carbocycles. The van der Waals surface area contributed by atoms with Crippen LogP contribution in [0, 0.1) is 12.8 Å². The third-order valence-corrected chi connectivity index (χ3v) is 10.1. The third kappa shape index (κ3) is 9.27. The van der Waals surface area contributed by atoms with Gasteiger partial charge in [-0.2, -0.15) is 13.2 Å². The number of anilines is 1. The molecule has 13 heteroatoms. The fourth-order valence-corrected chi connectivity index (χ4v) is 7.54. The molecule has 3 atom stereocenters. The van der Waals surface area contributed by atoms with E-state index in [2.05, 4.69) is 66.6 Å². The number of carboxylic acids is 1. The Kier molecular flexibility index (Phi) is 12.2. The van der Waals surface area contributed by atoms with Crippen LogP contribution in [-0.4, -0.2) is 90.3 Å². The van der Waals surface area contributed by atoms with Crippen molar-refractivity contribution < 1.29 is 32.7 Å². The number of carbonyl (C=O) groups is 3. The van der Waals surface area contributed by atoms with Gasteiger partial charge in [0.2, 0.25) is 5.91 Å². The first kappa shape index (κ1) is 38.7. The minimum absolute atomic E-state index is 0.0946. The van der Waals surface area contributed by atoms with E-state index in [1.807, 2.05) is 59.3 Å². The van der Waals surface area contributed by atoms with Gasteiger partial charge in [0.15, 0.2) is 0 Å². The van der Waals surface area contributed by atoms with Crippen LogP contribution in [0.1, 0.15) is 53.9 Å². The fourth-order valence-electron chi connectivity index (χ4n) is 7.34. The fraction of sp³-hybridized carbons (Fsp3) is 0.410. The Morgan fingerprint density at radius 2 is 1.73 bits per heavy atom. The van der Waals surface area contributed by atoms with Gasteiger partial charge in [-0.05, 0) is 93.1 Å². The number of hydrogen-bond donors (Lipinski definition) is 3. The number of rotatable bonds is 7. The number of aliphatic carboxylic acids is 1. The number of likely N-dealkylation sites (tertiary alicyclic amines) is 1. The molecule has 2 aliphatic rings. The highest BCUT2D eigenvalue weighted by Gasteiger charge is 2.39. The summed E-state index contributed by atoms with van der Waals surface area (Å²) in [6.45, 7) is 6.91. The van der Waals surface area contributed by atoms with Gasteiger partial charge >= 0.3 is 18.2 Å². The molecule has 0 bridgehead atoms. The summed E-state index contributed by atoms with van der Waals surface area (Å²) in [5.74, 6) is -2.44. The highest BCUT2D eigenvalue weighted by molar-refractivity contribution is 6.30. The molecule has 2 unspecified atom stereocenters. The number of para-hydroxylation sites is 1. The second kappa shape index (κ2) is 16.4. The summed E-state index contributed by atoms with van der Waals surface area (Å²) in [6, 6.07) is 21.6. The zero-order chi connectivity index (χ0) is 37.7. The Morgan fingerprint density at radius 3 is 2.38 bits per heavy atom. The number of aromatic amines is 1. The van der Waals surface area contributed by atoms with Gasteiger partial charge in [-0.15, -0.1) is 0 Å². The summed E-state index contributed by atoms with van der Waals surface area (Å²) < 4.78 is 31.7. The van der Waals surface area contributed by atoms with E-state index in [1.165, 1.54) is 11.1 Å². The van der Waals surface area contributed by atoms with Crippen LogP contribution >= 0.6 is 11.6 Å². The Hall–Kier alpha value is -4.55. The number of H-pyrrole nitrogens is 1. The van der Waals surface area contributed by atoms with Gasteiger partial charge in [0, 0.05) is 59.9 Å². The first-order chi connectivity index (χ1) is 24.6. The van der Waals surface area contributed by atoms with Crippen LogP contribution in [0.15, 0.2) is 72.9 Å². The molecule has 3 heterocycles. The SMILES string of the molecule is Cc1cccc(C2CCN(C(=O)NC(C(=O)N3C[C@@H](CN(C)C)Cc4cc(Cl)ccc43)C(C)c3c[nH]c4ccccc34)CC2)c1.O=C(O)C(F)(F)F. The van der Waals surface area contributed by atoms with E-state index in [1.54, 1.807) is 0 Å². The average molecular weight is 740 g/mol. The molecule has 0 aliphatic carbocycles. The predicted molar refractivity (Wildman–Crippen MR) is 197 cm³/mol. The van der Waals surface area contributed by atoms with E-state index in [-0.39, 0.29) is 23.8 Å². The summed E-state index contributed by atoms with van der Waals surface area (Å²) in [5.41, 5.74) is 6.57. The van der Waals surface area contributed by atoms with Crippen LogP contribution in [-0.2, 0) is 16.0 Å². The molecule has 6 rings (SSSR count). The highest BCUT2D eigenvalue weighted by atomic mass is 35.5. The lowest BCUT2D eigenvalue weighted by Gasteiger charge is -2.39. The van der Waals surface area contributed by atoms with Crippen LogP contribution < -0.4 is 10.2 Å². The van der Waals surface area contributed by atoms with Crippen LogP contribution in [0.3, 0.4) is 0 Å². The summed E-state index contributed by atoms with van der Waals surface area (Å²) >= 11 is 6.43. The van der Waals surface area contributed by atoms with Crippen molar-refractivity contribution in [3.8, 4) is 0 Å². The number of hydrogen-bond acceptors (Lipinski definition) is 4. The number of halogens is 4. The number of aryl methyl sites for hydroxylation is 1. The van der Waals surface area contributed by atoms with Crippen molar-refractivity contribution in [2.45, 2.75) is 57.2 Å². The first-order valence-corrected chi connectivity index (χ1v) is 17.7. The number of carbonyl (C=O) groups excluding carboxylic acids is 2. The number of alkyl halides is 3. The van der Waals surface area contributed by atoms with Crippen molar-refractivity contribution in [1.82, 2.24) is 20.1 Å². The van der Waals surface area contributed by atoms with E-state index in [0.717, 1.165) is 53.5 Å². The molecule has 278 valence electrons. The Balaban J connectivity index is 0.000000679. The quantitative estimate of drug-likeness (QED) is 0.181. The first-order valence-electron chi connectivity index (χ1n) is 17.3. The topological polar surface area (TPSA) is 109 Å². The second-order valence-electron chi connectivity index (χ2n) is 14.0. The number of carboxylic acid groups (broad SMARTS) is 1. The monoisotopic (exact) mass is 739 g/mol. The van der Waals surface area contributed by atoms with Crippen LogP contribution in [0.5, 0.6) is 0 Å². The smallest absolute Gasteiger partial charge is 0.475 e. The number of fused-ring (bicyclic) bond motifs is 2. The van der Waals surface area contributed by atoms with E-state index >= 15 is 0 Å². The Labute approximate surface area is 306 Å². The minimum Gasteiger partial charge on any atom is -0.475 e. The van der Waals surface area contributed by atoms with Crippen LogP contribution in [0.4, 0.5) is 23.7 Å². The average Bonchev–Trinajstić information content (AvgIpc) is 3.53. The lowest BCUT2D eigenvalue weighted by molar-refractivity contribution is -0.192. The van der Waals surface area contributed by atoms with Gasteiger partial charge in [0.05, 0.1) is 0 Å². The van der Waals surface area contributed by atoms with Gasteiger partial charge in [-0.25, -0.2) is 9.59 Å². The highest BCUT2D eigenvalue weighted by Crippen LogP contribution is 2.36. The van der Waals surface area contributed by atoms with Gasteiger partial charge in [0.1, 0.15) is 6.04 Å².